The van der Waals surface area contributed by atoms with E-state index in [1.54, 1.807) is 0 Å². The van der Waals surface area contributed by atoms with Gasteiger partial charge in [0.25, 0.3) is 0 Å². The van der Waals surface area contributed by atoms with Gasteiger partial charge in [-0.25, -0.2) is 8.42 Å². The smallest absolute Gasteiger partial charge is 0.748 e. The molecule has 0 bridgehead atoms. The Morgan fingerprint density at radius 1 is 0.750 bits per heavy atom. The third-order valence-electron chi connectivity index (χ3n) is 4.32. The first-order valence-electron chi connectivity index (χ1n) is 9.57. The average Bonchev–Trinajstić information content (AvgIpc) is 2.48. The molecule has 1 atom stereocenters. The summed E-state index contributed by atoms with van der Waals surface area (Å²) in [6.45, 7) is 2.21. The Kier molecular flexibility index (Phi) is 22.3. The van der Waals surface area contributed by atoms with Gasteiger partial charge in [0.15, 0.2) is 0 Å². The van der Waals surface area contributed by atoms with Crippen LogP contribution in [0.25, 0.3) is 0 Å². The monoisotopic (exact) mass is 388 g/mol. The number of hydrogen-bond acceptors (Lipinski definition) is 4. The largest absolute Gasteiger partial charge is 1.00 e. The molecule has 6 heteroatoms. The van der Waals surface area contributed by atoms with Crippen LogP contribution in [0.1, 0.15) is 103 Å². The molecule has 1 N–H and O–H groups in total. The standard InChI is InChI=1S/C18H38O4S.K/c1-2-3-4-9-12-15-18(19)16-13-10-7-5-6-8-11-14-17-23(20,21)22;/h18-19H,2-17H2,1H3,(H,20,21,22);/q;+1/p-1. The SMILES string of the molecule is CCCCCCCC(O)CCCCCCCCCCS(=O)(=O)[O-].[K+]. The van der Waals surface area contributed by atoms with Crippen molar-refractivity contribution in [3.05, 3.63) is 0 Å². The summed E-state index contributed by atoms with van der Waals surface area (Å²) in [4.78, 5) is 0. The van der Waals surface area contributed by atoms with Gasteiger partial charge in [-0.15, -0.1) is 0 Å². The summed E-state index contributed by atoms with van der Waals surface area (Å²) in [5.41, 5.74) is 0. The Labute approximate surface area is 192 Å². The quantitative estimate of drug-likeness (QED) is 0.234. The second kappa shape index (κ2) is 19.3. The fourth-order valence-corrected chi connectivity index (χ4v) is 3.40. The van der Waals surface area contributed by atoms with Crippen LogP contribution in [0.5, 0.6) is 0 Å². The molecule has 4 nitrogen and oxygen atoms in total. The predicted molar refractivity (Wildman–Crippen MR) is 95.5 cm³/mol. The minimum absolute atomic E-state index is 0. The van der Waals surface area contributed by atoms with Crippen molar-refractivity contribution in [1.82, 2.24) is 0 Å². The topological polar surface area (TPSA) is 77.4 Å². The van der Waals surface area contributed by atoms with Crippen LogP contribution in [0, 0.1) is 0 Å². The van der Waals surface area contributed by atoms with Crippen LogP contribution >= 0.6 is 0 Å². The maximum absolute atomic E-state index is 10.4. The van der Waals surface area contributed by atoms with Crippen molar-refractivity contribution >= 4 is 10.1 Å². The third-order valence-corrected chi connectivity index (χ3v) is 5.11. The van der Waals surface area contributed by atoms with E-state index in [4.69, 9.17) is 0 Å². The van der Waals surface area contributed by atoms with Gasteiger partial charge in [-0.2, -0.15) is 0 Å². The molecule has 0 aromatic rings. The number of hydrogen-bond donors (Lipinski definition) is 1. The summed E-state index contributed by atoms with van der Waals surface area (Å²) in [6, 6.07) is 0. The zero-order valence-corrected chi connectivity index (χ0v) is 19.9. The van der Waals surface area contributed by atoms with E-state index in [1.165, 1.54) is 38.5 Å². The van der Waals surface area contributed by atoms with E-state index in [9.17, 15) is 18.1 Å². The Hall–Kier alpha value is 1.51. The molecule has 0 rings (SSSR count). The van der Waals surface area contributed by atoms with E-state index in [2.05, 4.69) is 6.92 Å². The molecule has 0 heterocycles. The van der Waals surface area contributed by atoms with Crippen molar-refractivity contribution in [2.45, 2.75) is 109 Å². The van der Waals surface area contributed by atoms with Gasteiger partial charge in [-0.3, -0.25) is 0 Å². The summed E-state index contributed by atoms with van der Waals surface area (Å²) in [5.74, 6) is -0.219. The van der Waals surface area contributed by atoms with Gasteiger partial charge < -0.3 is 9.66 Å². The van der Waals surface area contributed by atoms with Crippen LogP contribution in [0.15, 0.2) is 0 Å². The van der Waals surface area contributed by atoms with Crippen LogP contribution in [-0.2, 0) is 10.1 Å². The van der Waals surface area contributed by atoms with Gasteiger partial charge in [0, 0.05) is 5.75 Å². The molecule has 0 amide bonds. The van der Waals surface area contributed by atoms with Crippen LogP contribution < -0.4 is 51.4 Å². The van der Waals surface area contributed by atoms with Gasteiger partial charge >= 0.3 is 51.4 Å². The molecule has 0 aliphatic carbocycles. The molecule has 140 valence electrons. The summed E-state index contributed by atoms with van der Waals surface area (Å²) >= 11 is 0. The zero-order chi connectivity index (χ0) is 17.4. The van der Waals surface area contributed by atoms with Gasteiger partial charge in [-0.05, 0) is 19.3 Å². The molecule has 0 saturated heterocycles. The number of aliphatic hydroxyl groups excluding tert-OH is 1. The molecule has 0 aliphatic rings. The molecule has 24 heavy (non-hydrogen) atoms. The van der Waals surface area contributed by atoms with E-state index < -0.39 is 10.1 Å². The van der Waals surface area contributed by atoms with Gasteiger partial charge in [0.05, 0.1) is 16.2 Å². The minimum Gasteiger partial charge on any atom is -0.748 e. The Morgan fingerprint density at radius 2 is 1.12 bits per heavy atom. The van der Waals surface area contributed by atoms with Crippen LogP contribution in [-0.4, -0.2) is 29.9 Å². The predicted octanol–water partition coefficient (Wildman–Crippen LogP) is 1.77. The number of rotatable bonds is 17. The maximum atomic E-state index is 10.4. The molecule has 0 aliphatic heterocycles. The second-order valence-electron chi connectivity index (χ2n) is 6.74. The first-order chi connectivity index (χ1) is 11.0. The molecular weight excluding hydrogens is 351 g/mol. The van der Waals surface area contributed by atoms with Crippen LogP contribution in [0.2, 0.25) is 0 Å². The average molecular weight is 389 g/mol. The normalized spacial score (nSPS) is 12.8. The zero-order valence-electron chi connectivity index (χ0n) is 16.0. The van der Waals surface area contributed by atoms with E-state index in [1.807, 2.05) is 0 Å². The Morgan fingerprint density at radius 3 is 1.54 bits per heavy atom. The molecule has 0 fully saturated rings. The Bertz CT molecular complexity index is 347. The molecule has 0 radical (unpaired) electrons. The summed E-state index contributed by atoms with van der Waals surface area (Å²) in [7, 11) is -4.02. The summed E-state index contributed by atoms with van der Waals surface area (Å²) in [5, 5.41) is 9.90. The number of unbranched alkanes of at least 4 members (excludes halogenated alkanes) is 11. The Balaban J connectivity index is 0. The second-order valence-corrected chi connectivity index (χ2v) is 8.26. The first kappa shape index (κ1) is 27.7. The van der Waals surface area contributed by atoms with Gasteiger partial charge in [0.1, 0.15) is 0 Å². The fraction of sp³-hybridized carbons (Fsp3) is 1.00. The van der Waals surface area contributed by atoms with Crippen molar-refractivity contribution in [3.63, 3.8) is 0 Å². The van der Waals surface area contributed by atoms with Crippen molar-refractivity contribution < 1.29 is 69.5 Å². The van der Waals surface area contributed by atoms with Crippen molar-refractivity contribution in [2.75, 3.05) is 5.75 Å². The van der Waals surface area contributed by atoms with Gasteiger partial charge in [0.2, 0.25) is 0 Å². The van der Waals surface area contributed by atoms with E-state index >= 15 is 0 Å². The van der Waals surface area contributed by atoms with Gasteiger partial charge in [-0.1, -0.05) is 84.0 Å². The summed E-state index contributed by atoms with van der Waals surface area (Å²) < 4.78 is 31.3. The molecular formula is C18H37KO4S. The van der Waals surface area contributed by atoms with Crippen LogP contribution in [0.3, 0.4) is 0 Å². The van der Waals surface area contributed by atoms with E-state index in [0.717, 1.165) is 51.4 Å². The molecule has 0 saturated carbocycles. The maximum Gasteiger partial charge on any atom is 1.00 e. The fourth-order valence-electron chi connectivity index (χ4n) is 2.85. The van der Waals surface area contributed by atoms with E-state index in [0.29, 0.717) is 6.42 Å². The third kappa shape index (κ3) is 23.5. The molecule has 0 aromatic carbocycles. The van der Waals surface area contributed by atoms with Crippen LogP contribution in [0.4, 0.5) is 0 Å². The number of aliphatic hydroxyl groups is 1. The molecule has 0 spiro atoms. The molecule has 1 unspecified atom stereocenters. The molecule has 0 aromatic heterocycles. The van der Waals surface area contributed by atoms with E-state index in [-0.39, 0.29) is 63.2 Å². The van der Waals surface area contributed by atoms with Crippen molar-refractivity contribution in [2.24, 2.45) is 0 Å². The van der Waals surface area contributed by atoms with Crippen molar-refractivity contribution in [3.8, 4) is 0 Å². The summed E-state index contributed by atoms with van der Waals surface area (Å²) in [6.07, 6.45) is 16.1. The first-order valence-corrected chi connectivity index (χ1v) is 11.1. The minimum atomic E-state index is -4.02. The van der Waals surface area contributed by atoms with Crippen molar-refractivity contribution in [1.29, 1.82) is 0 Å².